The summed E-state index contributed by atoms with van der Waals surface area (Å²) >= 11 is 1.51. The van der Waals surface area contributed by atoms with E-state index in [0.717, 1.165) is 59.5 Å². The van der Waals surface area contributed by atoms with Gasteiger partial charge < -0.3 is 14.8 Å². The van der Waals surface area contributed by atoms with E-state index in [1.165, 1.54) is 50.3 Å². The van der Waals surface area contributed by atoms with E-state index in [4.69, 9.17) is 9.47 Å². The van der Waals surface area contributed by atoms with E-state index in [9.17, 15) is 4.79 Å². The van der Waals surface area contributed by atoms with E-state index in [2.05, 4.69) is 20.1 Å². The standard InChI is InChI=1S/C27H36N4O3S/c1-17(25(32)28-27-13-18-10-19(14-27)12-20(11-18)15-27)35-26-30-29-24(21-5-7-22(33-2)8-6-21)31(26)16-23-4-3-9-34-23/h5-8,17-20,23H,3-4,9-16H2,1-2H3,(H,28,32). The van der Waals surface area contributed by atoms with Crippen molar-refractivity contribution in [2.24, 2.45) is 17.8 Å². The van der Waals surface area contributed by atoms with Crippen LogP contribution >= 0.6 is 11.8 Å². The zero-order valence-corrected chi connectivity index (χ0v) is 21.6. The maximum Gasteiger partial charge on any atom is 0.233 e. The van der Waals surface area contributed by atoms with Crippen LogP contribution in [-0.4, -0.2) is 51.3 Å². The normalized spacial score (nSPS) is 32.1. The smallest absolute Gasteiger partial charge is 0.233 e. The quantitative estimate of drug-likeness (QED) is 0.534. The van der Waals surface area contributed by atoms with Crippen molar-refractivity contribution in [1.29, 1.82) is 0 Å². The summed E-state index contributed by atoms with van der Waals surface area (Å²) in [6.07, 6.45) is 9.89. The summed E-state index contributed by atoms with van der Waals surface area (Å²) in [6.45, 7) is 3.50. The number of ether oxygens (including phenoxy) is 2. The molecular weight excluding hydrogens is 460 g/mol. The molecule has 5 fully saturated rings. The molecule has 2 atom stereocenters. The molecule has 7 nitrogen and oxygen atoms in total. The van der Waals surface area contributed by atoms with Crippen LogP contribution in [0.4, 0.5) is 0 Å². The fourth-order valence-corrected chi connectivity index (χ4v) is 8.18. The Bertz CT molecular complexity index is 1030. The first-order valence-corrected chi connectivity index (χ1v) is 14.1. The Labute approximate surface area is 211 Å². The van der Waals surface area contributed by atoms with Gasteiger partial charge in [-0.05, 0) is 100 Å². The van der Waals surface area contributed by atoms with E-state index < -0.39 is 0 Å². The number of amides is 1. The maximum absolute atomic E-state index is 13.4. The number of thioether (sulfide) groups is 1. The predicted molar refractivity (Wildman–Crippen MR) is 135 cm³/mol. The fourth-order valence-electron chi connectivity index (χ4n) is 7.32. The number of carbonyl (C=O) groups excluding carboxylic acids is 1. The summed E-state index contributed by atoms with van der Waals surface area (Å²) in [7, 11) is 1.67. The van der Waals surface area contributed by atoms with Crippen molar-refractivity contribution in [2.45, 2.75) is 86.9 Å². The molecule has 7 rings (SSSR count). The lowest BCUT2D eigenvalue weighted by molar-refractivity contribution is -0.126. The fraction of sp³-hybridized carbons (Fsp3) is 0.667. The molecule has 8 heteroatoms. The van der Waals surface area contributed by atoms with Crippen LogP contribution in [0.1, 0.15) is 58.3 Å². The minimum Gasteiger partial charge on any atom is -0.497 e. The van der Waals surface area contributed by atoms with E-state index in [-0.39, 0.29) is 22.8 Å². The molecule has 2 aromatic rings. The number of benzene rings is 1. The number of hydrogen-bond acceptors (Lipinski definition) is 6. The summed E-state index contributed by atoms with van der Waals surface area (Å²) in [4.78, 5) is 13.4. The second kappa shape index (κ2) is 9.43. The molecule has 0 radical (unpaired) electrons. The van der Waals surface area contributed by atoms with Crippen LogP contribution in [0.5, 0.6) is 5.75 Å². The third kappa shape index (κ3) is 4.71. The Kier molecular flexibility index (Phi) is 6.29. The predicted octanol–water partition coefficient (Wildman–Crippen LogP) is 4.70. The molecular formula is C27H36N4O3S. The van der Waals surface area contributed by atoms with Gasteiger partial charge in [0, 0.05) is 17.7 Å². The van der Waals surface area contributed by atoms with E-state index >= 15 is 0 Å². The average Bonchev–Trinajstić information content (AvgIpc) is 3.49. The molecule has 4 bridgehead atoms. The van der Waals surface area contributed by atoms with Crippen LogP contribution < -0.4 is 10.1 Å². The molecule has 35 heavy (non-hydrogen) atoms. The minimum absolute atomic E-state index is 0.0280. The molecule has 0 spiro atoms. The van der Waals surface area contributed by atoms with Gasteiger partial charge in [0.25, 0.3) is 0 Å². The summed E-state index contributed by atoms with van der Waals surface area (Å²) in [5.74, 6) is 4.18. The topological polar surface area (TPSA) is 78.3 Å². The highest BCUT2D eigenvalue weighted by molar-refractivity contribution is 8.00. The van der Waals surface area contributed by atoms with Crippen LogP contribution in [0.25, 0.3) is 11.4 Å². The van der Waals surface area contributed by atoms with Gasteiger partial charge >= 0.3 is 0 Å². The van der Waals surface area contributed by atoms with Gasteiger partial charge in [-0.1, -0.05) is 11.8 Å². The number of nitrogens with one attached hydrogen (secondary N) is 1. The number of methoxy groups -OCH3 is 1. The monoisotopic (exact) mass is 496 g/mol. The van der Waals surface area contributed by atoms with Gasteiger partial charge in [0.2, 0.25) is 5.91 Å². The van der Waals surface area contributed by atoms with Gasteiger partial charge in [-0.25, -0.2) is 0 Å². The third-order valence-corrected chi connectivity index (χ3v) is 9.63. The Morgan fingerprint density at radius 1 is 1.17 bits per heavy atom. The van der Waals surface area contributed by atoms with Gasteiger partial charge in [-0.2, -0.15) is 0 Å². The zero-order valence-electron chi connectivity index (χ0n) is 20.7. The van der Waals surface area contributed by atoms with E-state index in [1.807, 2.05) is 31.2 Å². The van der Waals surface area contributed by atoms with Crippen LogP contribution in [0, 0.1) is 17.8 Å². The zero-order chi connectivity index (χ0) is 24.0. The molecule has 1 amide bonds. The second-order valence-electron chi connectivity index (χ2n) is 11.2. The van der Waals surface area contributed by atoms with Crippen molar-refractivity contribution in [1.82, 2.24) is 20.1 Å². The second-order valence-corrected chi connectivity index (χ2v) is 12.5. The number of hydrogen-bond donors (Lipinski definition) is 1. The van der Waals surface area contributed by atoms with Crippen LogP contribution in [0.15, 0.2) is 29.4 Å². The first-order chi connectivity index (χ1) is 17.0. The highest BCUT2D eigenvalue weighted by Gasteiger charge is 2.51. The van der Waals surface area contributed by atoms with Crippen molar-refractivity contribution >= 4 is 17.7 Å². The van der Waals surface area contributed by atoms with Gasteiger partial charge in [0.1, 0.15) is 5.75 Å². The molecule has 1 saturated heterocycles. The molecule has 1 N–H and O–H groups in total. The summed E-state index contributed by atoms with van der Waals surface area (Å²) in [6, 6.07) is 7.89. The Hall–Kier alpha value is -2.06. The Morgan fingerprint density at radius 2 is 1.86 bits per heavy atom. The molecule has 4 saturated carbocycles. The number of nitrogens with zero attached hydrogens (tertiary/aromatic N) is 3. The summed E-state index contributed by atoms with van der Waals surface area (Å²) < 4.78 is 13.4. The first-order valence-electron chi connectivity index (χ1n) is 13.2. The summed E-state index contributed by atoms with van der Waals surface area (Å²) in [5.41, 5.74) is 1.01. The van der Waals surface area contributed by atoms with Crippen molar-refractivity contribution < 1.29 is 14.3 Å². The Balaban J connectivity index is 1.20. The van der Waals surface area contributed by atoms with Crippen molar-refractivity contribution in [3.8, 4) is 17.1 Å². The largest absolute Gasteiger partial charge is 0.497 e. The Morgan fingerprint density at radius 3 is 2.46 bits per heavy atom. The van der Waals surface area contributed by atoms with Gasteiger partial charge in [0.15, 0.2) is 11.0 Å². The van der Waals surface area contributed by atoms with Crippen LogP contribution in [0.2, 0.25) is 0 Å². The third-order valence-electron chi connectivity index (χ3n) is 8.55. The van der Waals surface area contributed by atoms with Crippen molar-refractivity contribution in [3.05, 3.63) is 24.3 Å². The number of rotatable bonds is 8. The molecule has 2 unspecified atom stereocenters. The van der Waals surface area contributed by atoms with Crippen molar-refractivity contribution in [2.75, 3.05) is 13.7 Å². The SMILES string of the molecule is COc1ccc(-c2nnc(SC(C)C(=O)NC34CC5CC(CC(C5)C3)C4)n2CC2CCCO2)cc1. The molecule has 1 aromatic heterocycles. The molecule has 4 aliphatic carbocycles. The molecule has 2 heterocycles. The van der Waals surface area contributed by atoms with Crippen molar-refractivity contribution in [3.63, 3.8) is 0 Å². The highest BCUT2D eigenvalue weighted by Crippen LogP contribution is 2.55. The molecule has 1 aromatic carbocycles. The summed E-state index contributed by atoms with van der Waals surface area (Å²) in [5, 5.41) is 13.1. The minimum atomic E-state index is -0.237. The number of aromatic nitrogens is 3. The lowest BCUT2D eigenvalue weighted by atomic mass is 9.53. The van der Waals surface area contributed by atoms with Crippen LogP contribution in [0.3, 0.4) is 0 Å². The molecule has 1 aliphatic heterocycles. The molecule has 188 valence electrons. The van der Waals surface area contributed by atoms with Gasteiger partial charge in [-0.15, -0.1) is 10.2 Å². The maximum atomic E-state index is 13.4. The first kappa shape index (κ1) is 23.3. The van der Waals surface area contributed by atoms with Gasteiger partial charge in [-0.3, -0.25) is 9.36 Å². The van der Waals surface area contributed by atoms with Gasteiger partial charge in [0.05, 0.1) is 25.0 Å². The van der Waals surface area contributed by atoms with E-state index in [1.54, 1.807) is 7.11 Å². The number of carbonyl (C=O) groups is 1. The van der Waals surface area contributed by atoms with Crippen LogP contribution in [-0.2, 0) is 16.1 Å². The lowest BCUT2D eigenvalue weighted by Gasteiger charge is -2.57. The molecule has 5 aliphatic rings. The highest BCUT2D eigenvalue weighted by atomic mass is 32.2. The average molecular weight is 497 g/mol. The lowest BCUT2D eigenvalue weighted by Crippen LogP contribution is -2.60. The van der Waals surface area contributed by atoms with E-state index in [0.29, 0.717) is 6.54 Å².